The van der Waals surface area contributed by atoms with Crippen LogP contribution >= 0.6 is 27.7 Å². The molecule has 6 nitrogen and oxygen atoms in total. The Hall–Kier alpha value is -2.32. The summed E-state index contributed by atoms with van der Waals surface area (Å²) in [6, 6.07) is 12.5. The molecule has 0 unspecified atom stereocenters. The van der Waals surface area contributed by atoms with Gasteiger partial charge in [-0.15, -0.1) is 11.8 Å². The highest BCUT2D eigenvalue weighted by Gasteiger charge is 2.20. The Morgan fingerprint density at radius 3 is 2.60 bits per heavy atom. The van der Waals surface area contributed by atoms with Gasteiger partial charge >= 0.3 is 5.97 Å². The highest BCUT2D eigenvalue weighted by Crippen LogP contribution is 2.25. The standard InChI is InChI=1S/C22H23BrN2O4S/c1-15-8-9-18(17(23)12-15)24-20(26)13-29-22(28)16-6-2-3-7-19(16)30-14-21(27)25-10-4-5-11-25/h2-3,6-9,12H,4-5,10-11,13-14H2,1H3,(H,24,26). The Kier molecular flexibility index (Phi) is 7.93. The molecule has 1 aliphatic heterocycles. The van der Waals surface area contributed by atoms with Gasteiger partial charge in [-0.05, 0) is 65.5 Å². The molecule has 0 bridgehead atoms. The van der Waals surface area contributed by atoms with Crippen LogP contribution in [0.5, 0.6) is 0 Å². The van der Waals surface area contributed by atoms with Gasteiger partial charge in [0.05, 0.1) is 17.0 Å². The maximum absolute atomic E-state index is 12.5. The molecule has 158 valence electrons. The highest BCUT2D eigenvalue weighted by atomic mass is 79.9. The first-order chi connectivity index (χ1) is 14.4. The van der Waals surface area contributed by atoms with Crippen LogP contribution < -0.4 is 5.32 Å². The number of carbonyl (C=O) groups excluding carboxylic acids is 3. The number of nitrogens with zero attached hydrogens (tertiary/aromatic N) is 1. The average Bonchev–Trinajstić information content (AvgIpc) is 3.27. The van der Waals surface area contributed by atoms with E-state index >= 15 is 0 Å². The van der Waals surface area contributed by atoms with Gasteiger partial charge in [0.1, 0.15) is 0 Å². The van der Waals surface area contributed by atoms with E-state index < -0.39 is 18.5 Å². The van der Waals surface area contributed by atoms with Crippen molar-refractivity contribution < 1.29 is 19.1 Å². The summed E-state index contributed by atoms with van der Waals surface area (Å²) in [6.07, 6.45) is 2.08. The second-order valence-corrected chi connectivity index (χ2v) is 8.85. The van der Waals surface area contributed by atoms with E-state index in [-0.39, 0.29) is 11.7 Å². The number of nitrogens with one attached hydrogen (secondary N) is 1. The average molecular weight is 491 g/mol. The smallest absolute Gasteiger partial charge is 0.339 e. The molecule has 0 aliphatic carbocycles. The first-order valence-corrected chi connectivity index (χ1v) is 11.4. The van der Waals surface area contributed by atoms with Crippen LogP contribution in [0.4, 0.5) is 5.69 Å². The molecular formula is C22H23BrN2O4S. The Morgan fingerprint density at radius 1 is 1.13 bits per heavy atom. The van der Waals surface area contributed by atoms with Crippen LogP contribution in [0, 0.1) is 6.92 Å². The lowest BCUT2D eigenvalue weighted by atomic mass is 10.2. The molecular weight excluding hydrogens is 468 g/mol. The minimum Gasteiger partial charge on any atom is -0.452 e. The molecule has 1 fully saturated rings. The number of likely N-dealkylation sites (tertiary alicyclic amines) is 1. The lowest BCUT2D eigenvalue weighted by molar-refractivity contribution is -0.127. The number of benzene rings is 2. The minimum atomic E-state index is -0.593. The van der Waals surface area contributed by atoms with E-state index in [4.69, 9.17) is 4.74 Å². The summed E-state index contributed by atoms with van der Waals surface area (Å²) in [5.74, 6) is -0.678. The largest absolute Gasteiger partial charge is 0.452 e. The number of thioether (sulfide) groups is 1. The second kappa shape index (κ2) is 10.6. The van der Waals surface area contributed by atoms with Crippen LogP contribution in [-0.2, 0) is 14.3 Å². The van der Waals surface area contributed by atoms with Gasteiger partial charge in [0, 0.05) is 22.5 Å². The van der Waals surface area contributed by atoms with Gasteiger partial charge in [-0.3, -0.25) is 9.59 Å². The number of rotatable bonds is 7. The van der Waals surface area contributed by atoms with E-state index in [9.17, 15) is 14.4 Å². The van der Waals surface area contributed by atoms with Crippen molar-refractivity contribution in [3.05, 3.63) is 58.1 Å². The van der Waals surface area contributed by atoms with Crippen LogP contribution in [-0.4, -0.2) is 48.1 Å². The van der Waals surface area contributed by atoms with Crippen LogP contribution in [0.2, 0.25) is 0 Å². The zero-order valence-electron chi connectivity index (χ0n) is 16.7. The quantitative estimate of drug-likeness (QED) is 0.463. The summed E-state index contributed by atoms with van der Waals surface area (Å²) in [7, 11) is 0. The summed E-state index contributed by atoms with van der Waals surface area (Å²) < 4.78 is 5.95. The van der Waals surface area contributed by atoms with E-state index in [2.05, 4.69) is 21.2 Å². The SMILES string of the molecule is Cc1ccc(NC(=O)COC(=O)c2ccccc2SCC(=O)N2CCCC2)c(Br)c1. The summed E-state index contributed by atoms with van der Waals surface area (Å²) in [5, 5.41) is 2.71. The molecule has 0 atom stereocenters. The molecule has 8 heteroatoms. The molecule has 0 radical (unpaired) electrons. The van der Waals surface area contributed by atoms with Gasteiger partial charge in [-0.2, -0.15) is 0 Å². The third kappa shape index (κ3) is 6.09. The number of ether oxygens (including phenoxy) is 1. The number of aryl methyl sites for hydroxylation is 1. The first kappa shape index (κ1) is 22.4. The monoisotopic (exact) mass is 490 g/mol. The molecule has 1 aliphatic rings. The van der Waals surface area contributed by atoms with Crippen LogP contribution in [0.15, 0.2) is 51.8 Å². The second-order valence-electron chi connectivity index (χ2n) is 6.98. The normalized spacial score (nSPS) is 13.2. The van der Waals surface area contributed by atoms with Crippen molar-refractivity contribution in [1.29, 1.82) is 0 Å². The Bertz CT molecular complexity index is 944. The first-order valence-electron chi connectivity index (χ1n) is 9.67. The van der Waals surface area contributed by atoms with Crippen molar-refractivity contribution in [1.82, 2.24) is 4.90 Å². The Morgan fingerprint density at radius 2 is 1.87 bits per heavy atom. The lowest BCUT2D eigenvalue weighted by Gasteiger charge is -2.15. The van der Waals surface area contributed by atoms with E-state index in [1.807, 2.05) is 24.0 Å². The Labute approximate surface area is 188 Å². The summed E-state index contributed by atoms with van der Waals surface area (Å²) in [5.41, 5.74) is 2.02. The summed E-state index contributed by atoms with van der Waals surface area (Å²) in [4.78, 5) is 39.5. The zero-order valence-corrected chi connectivity index (χ0v) is 19.1. The van der Waals surface area contributed by atoms with Crippen molar-refractivity contribution in [2.45, 2.75) is 24.7 Å². The van der Waals surface area contributed by atoms with E-state index in [0.717, 1.165) is 36.0 Å². The van der Waals surface area contributed by atoms with Gasteiger partial charge in [0.2, 0.25) is 5.91 Å². The van der Waals surface area contributed by atoms with Gasteiger partial charge in [-0.25, -0.2) is 4.79 Å². The number of halogens is 1. The number of amides is 2. The molecule has 2 amide bonds. The van der Waals surface area contributed by atoms with Crippen molar-refractivity contribution in [3.8, 4) is 0 Å². The Balaban J connectivity index is 1.54. The van der Waals surface area contributed by atoms with Crippen molar-refractivity contribution in [2.24, 2.45) is 0 Å². The molecule has 3 rings (SSSR count). The zero-order chi connectivity index (χ0) is 21.5. The summed E-state index contributed by atoms with van der Waals surface area (Å²) >= 11 is 4.71. The third-order valence-electron chi connectivity index (χ3n) is 4.65. The van der Waals surface area contributed by atoms with Gasteiger partial charge in [-0.1, -0.05) is 18.2 Å². The number of anilines is 1. The molecule has 1 heterocycles. The predicted octanol–water partition coefficient (Wildman–Crippen LogP) is 4.27. The van der Waals surface area contributed by atoms with Crippen LogP contribution in [0.3, 0.4) is 0 Å². The van der Waals surface area contributed by atoms with Crippen LogP contribution in [0.25, 0.3) is 0 Å². The van der Waals surface area contributed by atoms with E-state index in [0.29, 0.717) is 16.1 Å². The molecule has 30 heavy (non-hydrogen) atoms. The van der Waals surface area contributed by atoms with Crippen molar-refractivity contribution >= 4 is 51.2 Å². The topological polar surface area (TPSA) is 75.7 Å². The molecule has 0 aromatic heterocycles. The molecule has 0 saturated carbocycles. The third-order valence-corrected chi connectivity index (χ3v) is 6.36. The van der Waals surface area contributed by atoms with Crippen molar-refractivity contribution in [3.63, 3.8) is 0 Å². The number of hydrogen-bond acceptors (Lipinski definition) is 5. The fourth-order valence-electron chi connectivity index (χ4n) is 3.08. The predicted molar refractivity (Wildman–Crippen MR) is 121 cm³/mol. The van der Waals surface area contributed by atoms with E-state index in [1.165, 1.54) is 11.8 Å². The van der Waals surface area contributed by atoms with Gasteiger partial charge in [0.25, 0.3) is 5.91 Å². The molecule has 1 N–H and O–H groups in total. The molecule has 0 spiro atoms. The van der Waals surface area contributed by atoms with Crippen molar-refractivity contribution in [2.75, 3.05) is 30.8 Å². The molecule has 2 aromatic rings. The van der Waals surface area contributed by atoms with Gasteiger partial charge in [0.15, 0.2) is 6.61 Å². The fourth-order valence-corrected chi connectivity index (χ4v) is 4.61. The fraction of sp³-hybridized carbons (Fsp3) is 0.318. The van der Waals surface area contributed by atoms with Gasteiger partial charge < -0.3 is 15.0 Å². The molecule has 1 saturated heterocycles. The minimum absolute atomic E-state index is 0.0729. The summed E-state index contributed by atoms with van der Waals surface area (Å²) in [6.45, 7) is 3.15. The lowest BCUT2D eigenvalue weighted by Crippen LogP contribution is -2.29. The molecule has 2 aromatic carbocycles. The maximum Gasteiger partial charge on any atom is 0.339 e. The number of carbonyl (C=O) groups is 3. The highest BCUT2D eigenvalue weighted by molar-refractivity contribution is 9.10. The number of hydrogen-bond donors (Lipinski definition) is 1. The van der Waals surface area contributed by atoms with Crippen LogP contribution in [0.1, 0.15) is 28.8 Å². The van der Waals surface area contributed by atoms with E-state index in [1.54, 1.807) is 30.3 Å². The maximum atomic E-state index is 12.5. The number of esters is 1.